The highest BCUT2D eigenvalue weighted by Gasteiger charge is 2.03. The SMILES string of the molecule is CC(CNC(C)C)COCc1ccccc1. The van der Waals surface area contributed by atoms with E-state index in [1.165, 1.54) is 5.56 Å². The van der Waals surface area contributed by atoms with Crippen molar-refractivity contribution in [1.82, 2.24) is 5.32 Å². The Labute approximate surface area is 99.0 Å². The summed E-state index contributed by atoms with van der Waals surface area (Å²) in [5.41, 5.74) is 1.24. The number of hydrogen-bond acceptors (Lipinski definition) is 2. The molecule has 2 heteroatoms. The zero-order valence-electron chi connectivity index (χ0n) is 10.6. The van der Waals surface area contributed by atoms with E-state index in [4.69, 9.17) is 4.74 Å². The van der Waals surface area contributed by atoms with E-state index >= 15 is 0 Å². The Morgan fingerprint density at radius 3 is 2.44 bits per heavy atom. The van der Waals surface area contributed by atoms with E-state index in [1.54, 1.807) is 0 Å². The van der Waals surface area contributed by atoms with Crippen molar-refractivity contribution in [3.05, 3.63) is 35.9 Å². The van der Waals surface area contributed by atoms with Gasteiger partial charge in [0, 0.05) is 12.6 Å². The third kappa shape index (κ3) is 5.89. The van der Waals surface area contributed by atoms with Crippen LogP contribution in [0.4, 0.5) is 0 Å². The molecule has 0 aromatic heterocycles. The molecule has 0 bridgehead atoms. The standard InChI is InChI=1S/C14H23NO/c1-12(2)15-9-13(3)10-16-11-14-7-5-4-6-8-14/h4-8,12-13,15H,9-11H2,1-3H3. The summed E-state index contributed by atoms with van der Waals surface area (Å²) >= 11 is 0. The van der Waals surface area contributed by atoms with Gasteiger partial charge in [-0.3, -0.25) is 0 Å². The molecule has 2 nitrogen and oxygen atoms in total. The van der Waals surface area contributed by atoms with Gasteiger partial charge in [-0.25, -0.2) is 0 Å². The second-order valence-electron chi connectivity index (χ2n) is 4.67. The van der Waals surface area contributed by atoms with Gasteiger partial charge < -0.3 is 10.1 Å². The van der Waals surface area contributed by atoms with Gasteiger partial charge in [-0.05, 0) is 11.5 Å². The van der Waals surface area contributed by atoms with Gasteiger partial charge in [0.2, 0.25) is 0 Å². The monoisotopic (exact) mass is 221 g/mol. The maximum atomic E-state index is 5.67. The summed E-state index contributed by atoms with van der Waals surface area (Å²) < 4.78 is 5.67. The summed E-state index contributed by atoms with van der Waals surface area (Å²) in [6.45, 7) is 9.09. The van der Waals surface area contributed by atoms with E-state index in [-0.39, 0.29) is 0 Å². The fourth-order valence-electron chi connectivity index (χ4n) is 1.45. The summed E-state index contributed by atoms with van der Waals surface area (Å²) in [4.78, 5) is 0. The second-order valence-corrected chi connectivity index (χ2v) is 4.67. The van der Waals surface area contributed by atoms with Gasteiger partial charge >= 0.3 is 0 Å². The lowest BCUT2D eigenvalue weighted by Gasteiger charge is -2.15. The minimum Gasteiger partial charge on any atom is -0.376 e. The van der Waals surface area contributed by atoms with E-state index < -0.39 is 0 Å². The van der Waals surface area contributed by atoms with Crippen LogP contribution in [0.5, 0.6) is 0 Å². The largest absolute Gasteiger partial charge is 0.376 e. The van der Waals surface area contributed by atoms with Crippen molar-refractivity contribution in [2.45, 2.75) is 33.4 Å². The average molecular weight is 221 g/mol. The molecule has 0 amide bonds. The quantitative estimate of drug-likeness (QED) is 0.764. The molecule has 0 heterocycles. The van der Waals surface area contributed by atoms with Crippen LogP contribution in [0.2, 0.25) is 0 Å². The molecule has 0 saturated heterocycles. The van der Waals surface area contributed by atoms with Crippen LogP contribution in [-0.4, -0.2) is 19.2 Å². The lowest BCUT2D eigenvalue weighted by molar-refractivity contribution is 0.0912. The van der Waals surface area contributed by atoms with Crippen LogP contribution < -0.4 is 5.32 Å². The summed E-state index contributed by atoms with van der Waals surface area (Å²) in [7, 11) is 0. The molecule has 0 aliphatic heterocycles. The first-order valence-corrected chi connectivity index (χ1v) is 6.03. The van der Waals surface area contributed by atoms with Crippen molar-refractivity contribution in [2.75, 3.05) is 13.2 Å². The maximum Gasteiger partial charge on any atom is 0.0717 e. The first-order valence-electron chi connectivity index (χ1n) is 6.03. The first-order chi connectivity index (χ1) is 7.68. The molecule has 0 saturated carbocycles. The smallest absolute Gasteiger partial charge is 0.0717 e. The van der Waals surface area contributed by atoms with Gasteiger partial charge in [-0.1, -0.05) is 51.1 Å². The van der Waals surface area contributed by atoms with Gasteiger partial charge in [0.15, 0.2) is 0 Å². The minimum absolute atomic E-state index is 0.552. The van der Waals surface area contributed by atoms with E-state index in [0.717, 1.165) is 13.2 Å². The highest BCUT2D eigenvalue weighted by Crippen LogP contribution is 2.02. The van der Waals surface area contributed by atoms with E-state index in [0.29, 0.717) is 18.6 Å². The van der Waals surface area contributed by atoms with Crippen LogP contribution in [0, 0.1) is 5.92 Å². The highest BCUT2D eigenvalue weighted by molar-refractivity contribution is 5.13. The lowest BCUT2D eigenvalue weighted by Crippen LogP contribution is -2.29. The van der Waals surface area contributed by atoms with Gasteiger partial charge in [-0.15, -0.1) is 0 Å². The zero-order chi connectivity index (χ0) is 11.8. The lowest BCUT2D eigenvalue weighted by atomic mass is 10.2. The number of rotatable bonds is 7. The molecule has 0 spiro atoms. The van der Waals surface area contributed by atoms with E-state index in [2.05, 4.69) is 38.2 Å². The van der Waals surface area contributed by atoms with Crippen molar-refractivity contribution in [2.24, 2.45) is 5.92 Å². The third-order valence-corrected chi connectivity index (χ3v) is 2.39. The van der Waals surface area contributed by atoms with Crippen molar-refractivity contribution in [3.8, 4) is 0 Å². The average Bonchev–Trinajstić information content (AvgIpc) is 2.28. The van der Waals surface area contributed by atoms with Crippen molar-refractivity contribution in [3.63, 3.8) is 0 Å². The maximum absolute atomic E-state index is 5.67. The Morgan fingerprint density at radius 1 is 1.12 bits per heavy atom. The van der Waals surface area contributed by atoms with Gasteiger partial charge in [0.05, 0.1) is 13.2 Å². The van der Waals surface area contributed by atoms with Crippen LogP contribution in [0.1, 0.15) is 26.3 Å². The summed E-state index contributed by atoms with van der Waals surface area (Å²) in [5.74, 6) is 0.561. The van der Waals surface area contributed by atoms with Gasteiger partial charge in [0.25, 0.3) is 0 Å². The molecule has 0 aliphatic carbocycles. The summed E-state index contributed by atoms with van der Waals surface area (Å²) in [5, 5.41) is 3.41. The Kier molecular flexibility index (Phi) is 6.12. The molecule has 1 rings (SSSR count). The molecule has 0 radical (unpaired) electrons. The molecule has 1 unspecified atom stereocenters. The Balaban J connectivity index is 2.11. The Morgan fingerprint density at radius 2 is 1.81 bits per heavy atom. The molecule has 0 aliphatic rings. The van der Waals surface area contributed by atoms with Gasteiger partial charge in [0.1, 0.15) is 0 Å². The van der Waals surface area contributed by atoms with Crippen molar-refractivity contribution >= 4 is 0 Å². The number of hydrogen-bond donors (Lipinski definition) is 1. The normalized spacial score (nSPS) is 13.0. The van der Waals surface area contributed by atoms with Gasteiger partial charge in [-0.2, -0.15) is 0 Å². The fraction of sp³-hybridized carbons (Fsp3) is 0.571. The molecule has 1 aromatic rings. The minimum atomic E-state index is 0.552. The number of ether oxygens (including phenoxy) is 1. The predicted molar refractivity (Wildman–Crippen MR) is 68.4 cm³/mol. The third-order valence-electron chi connectivity index (χ3n) is 2.39. The Bertz CT molecular complexity index is 271. The van der Waals surface area contributed by atoms with Crippen LogP contribution in [0.15, 0.2) is 30.3 Å². The number of benzene rings is 1. The van der Waals surface area contributed by atoms with Crippen LogP contribution >= 0.6 is 0 Å². The molecule has 1 atom stereocenters. The highest BCUT2D eigenvalue weighted by atomic mass is 16.5. The van der Waals surface area contributed by atoms with E-state index in [9.17, 15) is 0 Å². The molecule has 16 heavy (non-hydrogen) atoms. The summed E-state index contributed by atoms with van der Waals surface area (Å²) in [6, 6.07) is 10.9. The first kappa shape index (κ1) is 13.2. The van der Waals surface area contributed by atoms with Crippen LogP contribution in [0.3, 0.4) is 0 Å². The van der Waals surface area contributed by atoms with Crippen LogP contribution in [-0.2, 0) is 11.3 Å². The molecule has 0 fully saturated rings. The molecular weight excluding hydrogens is 198 g/mol. The second kappa shape index (κ2) is 7.42. The topological polar surface area (TPSA) is 21.3 Å². The Hall–Kier alpha value is -0.860. The fourth-order valence-corrected chi connectivity index (χ4v) is 1.45. The predicted octanol–water partition coefficient (Wildman–Crippen LogP) is 2.84. The van der Waals surface area contributed by atoms with Crippen molar-refractivity contribution in [1.29, 1.82) is 0 Å². The molecule has 90 valence electrons. The molecule has 1 N–H and O–H groups in total. The molecular formula is C14H23NO. The molecule has 1 aromatic carbocycles. The zero-order valence-corrected chi connectivity index (χ0v) is 10.6. The van der Waals surface area contributed by atoms with E-state index in [1.807, 2.05) is 18.2 Å². The summed E-state index contributed by atoms with van der Waals surface area (Å²) in [6.07, 6.45) is 0. The van der Waals surface area contributed by atoms with Crippen LogP contribution in [0.25, 0.3) is 0 Å². The number of nitrogens with one attached hydrogen (secondary N) is 1. The van der Waals surface area contributed by atoms with Crippen molar-refractivity contribution < 1.29 is 4.74 Å².